The zero-order chi connectivity index (χ0) is 20.1. The van der Waals surface area contributed by atoms with Crippen LogP contribution in [0.15, 0.2) is 67.0 Å². The van der Waals surface area contributed by atoms with E-state index in [9.17, 15) is 4.79 Å². The Balaban J connectivity index is 1.48. The quantitative estimate of drug-likeness (QED) is 0.676. The first kappa shape index (κ1) is 19.2. The Morgan fingerprint density at radius 2 is 2.00 bits per heavy atom. The lowest BCUT2D eigenvalue weighted by Crippen LogP contribution is -2.52. The van der Waals surface area contributed by atoms with E-state index in [1.807, 2.05) is 48.7 Å². The van der Waals surface area contributed by atoms with Gasteiger partial charge in [-0.25, -0.2) is 0 Å². The van der Waals surface area contributed by atoms with Crippen molar-refractivity contribution in [2.75, 3.05) is 18.4 Å². The molecule has 6 heteroatoms. The van der Waals surface area contributed by atoms with Crippen molar-refractivity contribution < 1.29 is 9.53 Å². The Bertz CT molecular complexity index is 963. The summed E-state index contributed by atoms with van der Waals surface area (Å²) >= 11 is 0. The van der Waals surface area contributed by atoms with Crippen molar-refractivity contribution in [3.05, 3.63) is 78.1 Å². The summed E-state index contributed by atoms with van der Waals surface area (Å²) in [5.41, 5.74) is 2.40. The van der Waals surface area contributed by atoms with Gasteiger partial charge >= 0.3 is 0 Å². The number of anilines is 1. The summed E-state index contributed by atoms with van der Waals surface area (Å²) < 4.78 is 7.75. The number of carbonyl (C=O) groups is 1. The number of aryl methyl sites for hydroxylation is 1. The van der Waals surface area contributed by atoms with Crippen molar-refractivity contribution in [3.63, 3.8) is 0 Å². The predicted molar refractivity (Wildman–Crippen MR) is 113 cm³/mol. The summed E-state index contributed by atoms with van der Waals surface area (Å²) in [6, 6.07) is 17.6. The lowest BCUT2D eigenvalue weighted by molar-refractivity contribution is -0.126. The van der Waals surface area contributed by atoms with Gasteiger partial charge in [0, 0.05) is 24.1 Å². The molecule has 0 spiro atoms. The molecule has 4 rings (SSSR count). The molecule has 0 saturated carbocycles. The van der Waals surface area contributed by atoms with E-state index in [-0.39, 0.29) is 5.91 Å². The van der Waals surface area contributed by atoms with E-state index < -0.39 is 5.54 Å². The first-order valence-electron chi connectivity index (χ1n) is 9.97. The van der Waals surface area contributed by atoms with Gasteiger partial charge in [0.1, 0.15) is 17.9 Å². The van der Waals surface area contributed by atoms with Crippen LogP contribution in [-0.2, 0) is 16.9 Å². The second kappa shape index (κ2) is 8.49. The third-order valence-electron chi connectivity index (χ3n) is 5.54. The Hall–Kier alpha value is -3.12. The number of benzene rings is 2. The zero-order valence-electron chi connectivity index (χ0n) is 16.6. The molecule has 1 aromatic heterocycles. The molecule has 2 aromatic carbocycles. The molecule has 0 unspecified atom stereocenters. The van der Waals surface area contributed by atoms with Gasteiger partial charge in [0.25, 0.3) is 5.91 Å². The van der Waals surface area contributed by atoms with Gasteiger partial charge in [0.15, 0.2) is 0 Å². The third kappa shape index (κ3) is 4.17. The largest absolute Gasteiger partial charge is 0.489 e. The molecular weight excluding hydrogens is 364 g/mol. The van der Waals surface area contributed by atoms with Crippen LogP contribution in [0.3, 0.4) is 0 Å². The number of hydrogen-bond acceptors (Lipinski definition) is 4. The molecule has 2 heterocycles. The van der Waals surface area contributed by atoms with Gasteiger partial charge in [0.05, 0.1) is 0 Å². The fourth-order valence-electron chi connectivity index (χ4n) is 3.77. The highest BCUT2D eigenvalue weighted by atomic mass is 16.5. The second-order valence-corrected chi connectivity index (χ2v) is 7.43. The van der Waals surface area contributed by atoms with Crippen LogP contribution in [-0.4, -0.2) is 28.8 Å². The standard InChI is InChI=1S/C23H26N4O2/c1-18-6-2-3-7-19(18)17-29-21-9-4-8-20(16-21)26-22(28)23(10-13-24-14-11-23)27-15-5-12-25-27/h2-9,12,15-16,24H,10-11,13-14,17H2,1H3,(H,26,28). The molecule has 0 aliphatic carbocycles. The summed E-state index contributed by atoms with van der Waals surface area (Å²) in [6.45, 7) is 4.13. The van der Waals surface area contributed by atoms with Crippen LogP contribution in [0.2, 0.25) is 0 Å². The van der Waals surface area contributed by atoms with E-state index in [1.54, 1.807) is 10.9 Å². The average Bonchev–Trinajstić information content (AvgIpc) is 3.29. The van der Waals surface area contributed by atoms with Crippen molar-refractivity contribution in [1.29, 1.82) is 0 Å². The van der Waals surface area contributed by atoms with E-state index in [1.165, 1.54) is 5.56 Å². The maximum absolute atomic E-state index is 13.3. The molecule has 150 valence electrons. The van der Waals surface area contributed by atoms with Crippen molar-refractivity contribution in [2.45, 2.75) is 31.9 Å². The fraction of sp³-hybridized carbons (Fsp3) is 0.304. The first-order chi connectivity index (χ1) is 14.2. The van der Waals surface area contributed by atoms with Crippen LogP contribution in [0.5, 0.6) is 5.75 Å². The second-order valence-electron chi connectivity index (χ2n) is 7.43. The summed E-state index contributed by atoms with van der Waals surface area (Å²) in [5, 5.41) is 10.8. The maximum Gasteiger partial charge on any atom is 0.252 e. The van der Waals surface area contributed by atoms with E-state index >= 15 is 0 Å². The number of nitrogens with zero attached hydrogens (tertiary/aromatic N) is 2. The van der Waals surface area contributed by atoms with Crippen molar-refractivity contribution in [2.24, 2.45) is 0 Å². The molecule has 3 aromatic rings. The topological polar surface area (TPSA) is 68.2 Å². The van der Waals surface area contributed by atoms with Crippen LogP contribution >= 0.6 is 0 Å². The highest BCUT2D eigenvalue weighted by Gasteiger charge is 2.42. The van der Waals surface area contributed by atoms with Crippen molar-refractivity contribution in [3.8, 4) is 5.75 Å². The van der Waals surface area contributed by atoms with E-state index in [2.05, 4.69) is 34.8 Å². The number of aromatic nitrogens is 2. The minimum absolute atomic E-state index is 0.0428. The molecule has 1 amide bonds. The molecular formula is C23H26N4O2. The van der Waals surface area contributed by atoms with Crippen molar-refractivity contribution >= 4 is 11.6 Å². The van der Waals surface area contributed by atoms with Crippen LogP contribution in [0, 0.1) is 6.92 Å². The Morgan fingerprint density at radius 1 is 1.17 bits per heavy atom. The number of hydrogen-bond donors (Lipinski definition) is 2. The van der Waals surface area contributed by atoms with Gasteiger partial charge in [-0.3, -0.25) is 9.48 Å². The van der Waals surface area contributed by atoms with E-state index in [0.29, 0.717) is 19.4 Å². The third-order valence-corrected chi connectivity index (χ3v) is 5.54. The van der Waals surface area contributed by atoms with Gasteiger partial charge in [-0.1, -0.05) is 30.3 Å². The lowest BCUT2D eigenvalue weighted by Gasteiger charge is -2.36. The predicted octanol–water partition coefficient (Wildman–Crippen LogP) is 3.49. The molecule has 1 saturated heterocycles. The number of piperidine rings is 1. The summed E-state index contributed by atoms with van der Waals surface area (Å²) in [6.07, 6.45) is 4.98. The molecule has 1 fully saturated rings. The Morgan fingerprint density at radius 3 is 2.76 bits per heavy atom. The first-order valence-corrected chi connectivity index (χ1v) is 9.97. The molecule has 1 aliphatic heterocycles. The highest BCUT2D eigenvalue weighted by molar-refractivity contribution is 5.96. The average molecular weight is 390 g/mol. The van der Waals surface area contributed by atoms with Crippen LogP contribution in [0.25, 0.3) is 0 Å². The lowest BCUT2D eigenvalue weighted by atomic mass is 9.87. The van der Waals surface area contributed by atoms with Gasteiger partial charge < -0.3 is 15.4 Å². The molecule has 0 atom stereocenters. The van der Waals surface area contributed by atoms with Gasteiger partial charge in [-0.2, -0.15) is 5.10 Å². The normalized spacial score (nSPS) is 15.6. The monoisotopic (exact) mass is 390 g/mol. The Labute approximate surface area is 170 Å². The van der Waals surface area contributed by atoms with Crippen LogP contribution in [0.1, 0.15) is 24.0 Å². The molecule has 6 nitrogen and oxygen atoms in total. The summed E-state index contributed by atoms with van der Waals surface area (Å²) in [4.78, 5) is 13.3. The minimum atomic E-state index is -0.674. The molecule has 1 aliphatic rings. The molecule has 2 N–H and O–H groups in total. The summed E-state index contributed by atoms with van der Waals surface area (Å²) in [7, 11) is 0. The number of carbonyl (C=O) groups excluding carboxylic acids is 1. The number of amides is 1. The Kier molecular flexibility index (Phi) is 5.62. The van der Waals surface area contributed by atoms with Crippen LogP contribution in [0.4, 0.5) is 5.69 Å². The SMILES string of the molecule is Cc1ccccc1COc1cccc(NC(=O)C2(n3cccn3)CCNCC2)c1. The van der Waals surface area contributed by atoms with E-state index in [4.69, 9.17) is 4.74 Å². The van der Waals surface area contributed by atoms with Crippen molar-refractivity contribution in [1.82, 2.24) is 15.1 Å². The van der Waals surface area contributed by atoms with Gasteiger partial charge in [-0.15, -0.1) is 0 Å². The summed E-state index contributed by atoms with van der Waals surface area (Å²) in [5.74, 6) is 0.684. The zero-order valence-corrected chi connectivity index (χ0v) is 16.6. The maximum atomic E-state index is 13.3. The highest BCUT2D eigenvalue weighted by Crippen LogP contribution is 2.29. The van der Waals surface area contributed by atoms with Crippen LogP contribution < -0.4 is 15.4 Å². The number of nitrogens with one attached hydrogen (secondary N) is 2. The fourth-order valence-corrected chi connectivity index (χ4v) is 3.77. The minimum Gasteiger partial charge on any atom is -0.489 e. The molecule has 0 radical (unpaired) electrons. The van der Waals surface area contributed by atoms with Gasteiger partial charge in [0.2, 0.25) is 0 Å². The van der Waals surface area contributed by atoms with E-state index in [0.717, 1.165) is 30.1 Å². The number of rotatable bonds is 6. The molecule has 0 bridgehead atoms. The van der Waals surface area contributed by atoms with Gasteiger partial charge in [-0.05, 0) is 62.2 Å². The smallest absolute Gasteiger partial charge is 0.252 e. The molecule has 29 heavy (non-hydrogen) atoms. The number of ether oxygens (including phenoxy) is 1.